The van der Waals surface area contributed by atoms with E-state index >= 15 is 0 Å². The maximum Gasteiger partial charge on any atom is 0.341 e. The molecule has 0 N–H and O–H groups in total. The predicted molar refractivity (Wildman–Crippen MR) is 79.6 cm³/mol. The Bertz CT molecular complexity index is 647. The third-order valence-corrected chi connectivity index (χ3v) is 2.99. The van der Waals surface area contributed by atoms with Crippen LogP contribution in [0.2, 0.25) is 5.02 Å². The quantitative estimate of drug-likeness (QED) is 0.793. The lowest BCUT2D eigenvalue weighted by molar-refractivity contribution is 0.0526. The van der Waals surface area contributed by atoms with E-state index in [1.807, 2.05) is 13.0 Å². The Hall–Kier alpha value is -2.14. The number of ether oxygens (including phenoxy) is 2. The number of halogens is 1. The van der Waals surface area contributed by atoms with Gasteiger partial charge in [-0.3, -0.25) is 0 Å². The molecule has 0 unspecified atom stereocenters. The van der Waals surface area contributed by atoms with Crippen LogP contribution in [0.3, 0.4) is 0 Å². The molecule has 0 radical (unpaired) electrons. The van der Waals surface area contributed by atoms with Crippen molar-refractivity contribution >= 4 is 17.6 Å². The number of carbonyl (C=O) groups is 1. The van der Waals surface area contributed by atoms with E-state index in [-0.39, 0.29) is 18.2 Å². The monoisotopic (exact) mass is 306 g/mol. The van der Waals surface area contributed by atoms with Gasteiger partial charge in [0, 0.05) is 16.8 Å². The van der Waals surface area contributed by atoms with Gasteiger partial charge in [-0.1, -0.05) is 29.8 Å². The Labute approximate surface area is 127 Å². The van der Waals surface area contributed by atoms with Crippen molar-refractivity contribution in [2.45, 2.75) is 13.8 Å². The van der Waals surface area contributed by atoms with Crippen LogP contribution < -0.4 is 4.74 Å². The van der Waals surface area contributed by atoms with Gasteiger partial charge in [0.05, 0.1) is 18.9 Å². The zero-order valence-corrected chi connectivity index (χ0v) is 12.6. The summed E-state index contributed by atoms with van der Waals surface area (Å²) in [5.74, 6) is -0.490. The Morgan fingerprint density at radius 2 is 2.00 bits per heavy atom. The van der Waals surface area contributed by atoms with E-state index in [2.05, 4.69) is 9.97 Å². The van der Waals surface area contributed by atoms with Crippen molar-refractivity contribution in [3.63, 3.8) is 0 Å². The van der Waals surface area contributed by atoms with E-state index in [1.165, 1.54) is 6.20 Å². The minimum Gasteiger partial charge on any atom is -0.464 e. The van der Waals surface area contributed by atoms with E-state index in [0.717, 1.165) is 0 Å². The van der Waals surface area contributed by atoms with E-state index in [9.17, 15) is 4.79 Å². The fourth-order valence-corrected chi connectivity index (χ4v) is 2.01. The van der Waals surface area contributed by atoms with E-state index in [0.29, 0.717) is 22.9 Å². The average molecular weight is 307 g/mol. The SMILES string of the molecule is CCOC(=O)c1cnc(OCC)nc1-c1ccccc1Cl. The van der Waals surface area contributed by atoms with Crippen LogP contribution in [0.4, 0.5) is 0 Å². The van der Waals surface area contributed by atoms with Gasteiger partial charge in [0.1, 0.15) is 5.56 Å². The van der Waals surface area contributed by atoms with Crippen molar-refractivity contribution in [3.8, 4) is 17.3 Å². The van der Waals surface area contributed by atoms with Crippen LogP contribution in [-0.2, 0) is 4.74 Å². The number of hydrogen-bond acceptors (Lipinski definition) is 5. The molecule has 0 fully saturated rings. The molecule has 0 aliphatic heterocycles. The fourth-order valence-electron chi connectivity index (χ4n) is 1.78. The zero-order chi connectivity index (χ0) is 15.2. The molecule has 2 rings (SSSR count). The summed E-state index contributed by atoms with van der Waals surface area (Å²) in [4.78, 5) is 20.3. The molecule has 0 atom stereocenters. The Morgan fingerprint density at radius 1 is 1.24 bits per heavy atom. The Kier molecular flexibility index (Phi) is 5.11. The lowest BCUT2D eigenvalue weighted by Gasteiger charge is -2.10. The van der Waals surface area contributed by atoms with Crippen molar-refractivity contribution < 1.29 is 14.3 Å². The summed E-state index contributed by atoms with van der Waals surface area (Å²) in [6, 6.07) is 7.33. The standard InChI is InChI=1S/C15H15ClN2O3/c1-3-20-14(19)11-9-17-15(21-4-2)18-13(11)10-7-5-6-8-12(10)16/h5-9H,3-4H2,1-2H3. The minimum atomic E-state index is -0.490. The Balaban J connectivity index is 2.56. The van der Waals surface area contributed by atoms with Crippen molar-refractivity contribution in [2.24, 2.45) is 0 Å². The fraction of sp³-hybridized carbons (Fsp3) is 0.267. The largest absolute Gasteiger partial charge is 0.464 e. The molecule has 1 heterocycles. The van der Waals surface area contributed by atoms with Crippen LogP contribution in [0.5, 0.6) is 6.01 Å². The number of aromatic nitrogens is 2. The summed E-state index contributed by atoms with van der Waals surface area (Å²) >= 11 is 6.19. The van der Waals surface area contributed by atoms with Gasteiger partial charge in [0.25, 0.3) is 0 Å². The van der Waals surface area contributed by atoms with Crippen LogP contribution >= 0.6 is 11.6 Å². The van der Waals surface area contributed by atoms with Crippen molar-refractivity contribution in [2.75, 3.05) is 13.2 Å². The number of carbonyl (C=O) groups excluding carboxylic acids is 1. The second-order valence-corrected chi connectivity index (χ2v) is 4.46. The molecule has 0 bridgehead atoms. The second-order valence-electron chi connectivity index (χ2n) is 4.05. The van der Waals surface area contributed by atoms with Gasteiger partial charge in [-0.2, -0.15) is 4.98 Å². The predicted octanol–water partition coefficient (Wildman–Crippen LogP) is 3.37. The summed E-state index contributed by atoms with van der Waals surface area (Å²) in [5, 5.41) is 0.490. The molecule has 1 aromatic heterocycles. The molecule has 1 aromatic carbocycles. The summed E-state index contributed by atoms with van der Waals surface area (Å²) in [6.45, 7) is 4.27. The lowest BCUT2D eigenvalue weighted by Crippen LogP contribution is -2.10. The van der Waals surface area contributed by atoms with E-state index in [1.54, 1.807) is 25.1 Å². The first-order valence-electron chi connectivity index (χ1n) is 6.59. The topological polar surface area (TPSA) is 61.3 Å². The maximum absolute atomic E-state index is 12.0. The summed E-state index contributed by atoms with van der Waals surface area (Å²) < 4.78 is 10.3. The van der Waals surface area contributed by atoms with Gasteiger partial charge < -0.3 is 9.47 Å². The molecule has 110 valence electrons. The van der Waals surface area contributed by atoms with Gasteiger partial charge in [0.15, 0.2) is 0 Å². The molecule has 2 aromatic rings. The summed E-state index contributed by atoms with van der Waals surface area (Å²) in [5.41, 5.74) is 1.29. The molecule has 21 heavy (non-hydrogen) atoms. The van der Waals surface area contributed by atoms with Crippen molar-refractivity contribution in [1.82, 2.24) is 9.97 Å². The number of benzene rings is 1. The van der Waals surface area contributed by atoms with Gasteiger partial charge in [-0.25, -0.2) is 9.78 Å². The highest BCUT2D eigenvalue weighted by molar-refractivity contribution is 6.33. The molecule has 0 aliphatic rings. The highest BCUT2D eigenvalue weighted by Crippen LogP contribution is 2.30. The summed E-state index contributed by atoms with van der Waals surface area (Å²) in [7, 11) is 0. The highest BCUT2D eigenvalue weighted by atomic mass is 35.5. The van der Waals surface area contributed by atoms with E-state index in [4.69, 9.17) is 21.1 Å². The van der Waals surface area contributed by atoms with Crippen LogP contribution in [0.1, 0.15) is 24.2 Å². The summed E-state index contributed by atoms with van der Waals surface area (Å²) in [6.07, 6.45) is 1.40. The van der Waals surface area contributed by atoms with Gasteiger partial charge >= 0.3 is 12.0 Å². The van der Waals surface area contributed by atoms with Crippen LogP contribution in [0, 0.1) is 0 Å². The van der Waals surface area contributed by atoms with E-state index < -0.39 is 5.97 Å². The molecule has 0 saturated carbocycles. The zero-order valence-electron chi connectivity index (χ0n) is 11.8. The first kappa shape index (κ1) is 15.3. The highest BCUT2D eigenvalue weighted by Gasteiger charge is 2.19. The molecular formula is C15H15ClN2O3. The Morgan fingerprint density at radius 3 is 2.67 bits per heavy atom. The lowest BCUT2D eigenvalue weighted by atomic mass is 10.1. The second kappa shape index (κ2) is 7.04. The smallest absolute Gasteiger partial charge is 0.341 e. The number of nitrogens with zero attached hydrogens (tertiary/aromatic N) is 2. The average Bonchev–Trinajstić information content (AvgIpc) is 2.48. The maximum atomic E-state index is 12.0. The number of hydrogen-bond donors (Lipinski definition) is 0. The van der Waals surface area contributed by atoms with Crippen molar-refractivity contribution in [3.05, 3.63) is 41.0 Å². The first-order chi connectivity index (χ1) is 10.2. The van der Waals surface area contributed by atoms with Crippen LogP contribution in [-0.4, -0.2) is 29.2 Å². The molecule has 0 spiro atoms. The molecule has 6 heteroatoms. The number of esters is 1. The van der Waals surface area contributed by atoms with Gasteiger partial charge in [-0.15, -0.1) is 0 Å². The first-order valence-corrected chi connectivity index (χ1v) is 6.97. The normalized spacial score (nSPS) is 10.2. The molecule has 0 amide bonds. The molecular weight excluding hydrogens is 292 g/mol. The molecule has 0 saturated heterocycles. The number of rotatable bonds is 5. The van der Waals surface area contributed by atoms with Gasteiger partial charge in [-0.05, 0) is 19.9 Å². The van der Waals surface area contributed by atoms with Crippen molar-refractivity contribution in [1.29, 1.82) is 0 Å². The van der Waals surface area contributed by atoms with Crippen LogP contribution in [0.15, 0.2) is 30.5 Å². The molecule has 0 aliphatic carbocycles. The molecule has 5 nitrogen and oxygen atoms in total. The third-order valence-electron chi connectivity index (χ3n) is 2.66. The van der Waals surface area contributed by atoms with Crippen LogP contribution in [0.25, 0.3) is 11.3 Å². The van der Waals surface area contributed by atoms with Gasteiger partial charge in [0.2, 0.25) is 0 Å². The third kappa shape index (κ3) is 3.49. The minimum absolute atomic E-state index is 0.195.